The van der Waals surface area contributed by atoms with Crippen molar-refractivity contribution >= 4 is 11.9 Å². The van der Waals surface area contributed by atoms with E-state index < -0.39 is 49.4 Å². The summed E-state index contributed by atoms with van der Waals surface area (Å²) in [5.74, 6) is -0.809. The number of unbranched alkanes of at least 4 members (excludes halogenated alkanes) is 20. The molecule has 0 radical (unpaired) electrons. The molecule has 1 fully saturated rings. The van der Waals surface area contributed by atoms with Gasteiger partial charge in [0.2, 0.25) is 0 Å². The number of aliphatic hydroxyl groups is 4. The van der Waals surface area contributed by atoms with Crippen LogP contribution in [0, 0.1) is 0 Å². The Bertz CT molecular complexity index is 835. The summed E-state index contributed by atoms with van der Waals surface area (Å²) in [7, 11) is 0. The van der Waals surface area contributed by atoms with Crippen molar-refractivity contribution in [3.8, 4) is 0 Å². The summed E-state index contributed by atoms with van der Waals surface area (Å²) >= 11 is 0. The molecule has 1 aliphatic rings. The summed E-state index contributed by atoms with van der Waals surface area (Å²) in [5.41, 5.74) is 0. The van der Waals surface area contributed by atoms with Crippen molar-refractivity contribution in [3.63, 3.8) is 0 Å². The first-order valence-electron chi connectivity index (χ1n) is 20.3. The van der Waals surface area contributed by atoms with Gasteiger partial charge in [0, 0.05) is 12.8 Å². The third-order valence-corrected chi connectivity index (χ3v) is 9.40. The van der Waals surface area contributed by atoms with E-state index in [1.807, 2.05) is 0 Å². The molecule has 2 unspecified atom stereocenters. The van der Waals surface area contributed by atoms with Crippen molar-refractivity contribution < 1.29 is 49.0 Å². The first-order valence-corrected chi connectivity index (χ1v) is 20.3. The predicted octanol–water partition coefficient (Wildman–Crippen LogP) is 7.61. The van der Waals surface area contributed by atoms with Gasteiger partial charge in [-0.2, -0.15) is 0 Å². The van der Waals surface area contributed by atoms with Gasteiger partial charge >= 0.3 is 11.9 Å². The zero-order valence-corrected chi connectivity index (χ0v) is 31.7. The zero-order valence-electron chi connectivity index (χ0n) is 31.7. The first-order chi connectivity index (χ1) is 24.3. The van der Waals surface area contributed by atoms with Crippen LogP contribution in [0.15, 0.2) is 12.2 Å². The van der Waals surface area contributed by atoms with Crippen LogP contribution in [0.3, 0.4) is 0 Å². The molecule has 50 heavy (non-hydrogen) atoms. The fourth-order valence-electron chi connectivity index (χ4n) is 6.12. The zero-order chi connectivity index (χ0) is 36.7. The maximum Gasteiger partial charge on any atom is 0.306 e. The van der Waals surface area contributed by atoms with Gasteiger partial charge in [0.1, 0.15) is 31.0 Å². The molecule has 1 heterocycles. The van der Waals surface area contributed by atoms with E-state index in [2.05, 4.69) is 26.0 Å². The minimum Gasteiger partial charge on any atom is -0.462 e. The topological polar surface area (TPSA) is 152 Å². The average Bonchev–Trinajstić information content (AvgIpc) is 3.11. The van der Waals surface area contributed by atoms with Crippen molar-refractivity contribution in [1.82, 2.24) is 0 Å². The number of esters is 2. The molecule has 4 N–H and O–H groups in total. The van der Waals surface area contributed by atoms with Crippen LogP contribution in [0.25, 0.3) is 0 Å². The molecule has 0 aliphatic carbocycles. The molecule has 0 saturated carbocycles. The summed E-state index contributed by atoms with van der Waals surface area (Å²) in [6.45, 7) is 3.38. The van der Waals surface area contributed by atoms with Crippen LogP contribution in [0.5, 0.6) is 0 Å². The maximum absolute atomic E-state index is 12.7. The van der Waals surface area contributed by atoms with E-state index >= 15 is 0 Å². The molecule has 6 atom stereocenters. The van der Waals surface area contributed by atoms with Gasteiger partial charge in [0.05, 0.1) is 13.2 Å². The van der Waals surface area contributed by atoms with Gasteiger partial charge in [0.15, 0.2) is 12.4 Å². The molecule has 0 spiro atoms. The Balaban J connectivity index is 2.37. The largest absolute Gasteiger partial charge is 0.462 e. The summed E-state index contributed by atoms with van der Waals surface area (Å²) in [6, 6.07) is 0. The van der Waals surface area contributed by atoms with Crippen LogP contribution in [0.4, 0.5) is 0 Å². The van der Waals surface area contributed by atoms with Gasteiger partial charge in [0.25, 0.3) is 0 Å². The summed E-state index contributed by atoms with van der Waals surface area (Å²) in [5, 5.41) is 39.9. The molecular weight excluding hydrogens is 640 g/mol. The molecule has 0 bridgehead atoms. The highest BCUT2D eigenvalue weighted by atomic mass is 16.7. The van der Waals surface area contributed by atoms with Crippen molar-refractivity contribution in [2.45, 2.75) is 211 Å². The molecule has 1 saturated heterocycles. The molecule has 10 nitrogen and oxygen atoms in total. The van der Waals surface area contributed by atoms with Gasteiger partial charge in [-0.15, -0.1) is 0 Å². The van der Waals surface area contributed by atoms with Gasteiger partial charge in [-0.05, 0) is 38.5 Å². The molecule has 0 aromatic rings. The molecule has 1 aliphatic heterocycles. The smallest absolute Gasteiger partial charge is 0.306 e. The summed E-state index contributed by atoms with van der Waals surface area (Å²) in [6.07, 6.45) is 23.6. The normalized spacial score (nSPS) is 21.4. The van der Waals surface area contributed by atoms with Crippen LogP contribution in [0.1, 0.15) is 174 Å². The Morgan fingerprint density at radius 3 is 1.58 bits per heavy atom. The second-order valence-electron chi connectivity index (χ2n) is 14.1. The fraction of sp³-hybridized carbons (Fsp3) is 0.900. The Hall–Kier alpha value is -1.56. The van der Waals surface area contributed by atoms with E-state index in [-0.39, 0.29) is 32.0 Å². The van der Waals surface area contributed by atoms with E-state index in [4.69, 9.17) is 18.9 Å². The molecule has 0 aromatic heterocycles. The monoisotopic (exact) mass is 715 g/mol. The Kier molecular flexibility index (Phi) is 29.8. The van der Waals surface area contributed by atoms with Gasteiger partial charge < -0.3 is 39.4 Å². The van der Waals surface area contributed by atoms with Crippen molar-refractivity contribution in [2.75, 3.05) is 19.8 Å². The van der Waals surface area contributed by atoms with E-state index in [9.17, 15) is 30.0 Å². The van der Waals surface area contributed by atoms with Crippen LogP contribution in [-0.2, 0) is 28.5 Å². The summed E-state index contributed by atoms with van der Waals surface area (Å²) in [4.78, 5) is 25.2. The Morgan fingerprint density at radius 2 is 1.06 bits per heavy atom. The van der Waals surface area contributed by atoms with Crippen LogP contribution >= 0.6 is 0 Å². The summed E-state index contributed by atoms with van der Waals surface area (Å²) < 4.78 is 22.1. The number of aliphatic hydroxyl groups excluding tert-OH is 4. The van der Waals surface area contributed by atoms with E-state index in [0.29, 0.717) is 6.42 Å². The number of hydrogen-bond acceptors (Lipinski definition) is 10. The highest BCUT2D eigenvalue weighted by molar-refractivity contribution is 5.70. The molecule has 10 heteroatoms. The van der Waals surface area contributed by atoms with Gasteiger partial charge in [-0.1, -0.05) is 135 Å². The second-order valence-corrected chi connectivity index (χ2v) is 14.1. The molecule has 294 valence electrons. The number of ether oxygens (including phenoxy) is 4. The number of allylic oxidation sites excluding steroid dienone is 2. The fourth-order valence-corrected chi connectivity index (χ4v) is 6.12. The number of hydrogen-bond donors (Lipinski definition) is 4. The Morgan fingerprint density at radius 1 is 0.600 bits per heavy atom. The lowest BCUT2D eigenvalue weighted by Gasteiger charge is -2.39. The highest BCUT2D eigenvalue weighted by Gasteiger charge is 2.44. The number of carbonyl (C=O) groups is 2. The third-order valence-electron chi connectivity index (χ3n) is 9.40. The maximum atomic E-state index is 12.7. The van der Waals surface area contributed by atoms with Crippen molar-refractivity contribution in [3.05, 3.63) is 12.2 Å². The first kappa shape index (κ1) is 46.5. The molecule has 0 amide bonds. The minimum atomic E-state index is -1.59. The lowest BCUT2D eigenvalue weighted by Crippen LogP contribution is -2.59. The highest BCUT2D eigenvalue weighted by Crippen LogP contribution is 2.22. The lowest BCUT2D eigenvalue weighted by atomic mass is 9.99. The van der Waals surface area contributed by atoms with Crippen molar-refractivity contribution in [2.24, 2.45) is 0 Å². The van der Waals surface area contributed by atoms with Crippen molar-refractivity contribution in [1.29, 1.82) is 0 Å². The van der Waals surface area contributed by atoms with Gasteiger partial charge in [-0.3, -0.25) is 9.59 Å². The SMILES string of the molecule is CCCCCC/C=C/CCCCCCCCCC(=O)O[C@H](COC(=O)CCCCCCCCCCCC)CO[C@@H]1O[C@H](CO)[C@H](O)C(O)C1O. The quantitative estimate of drug-likeness (QED) is 0.0304. The van der Waals surface area contributed by atoms with Crippen LogP contribution in [0.2, 0.25) is 0 Å². The molecule has 0 aromatic carbocycles. The second kappa shape index (κ2) is 32.1. The minimum absolute atomic E-state index is 0.214. The van der Waals surface area contributed by atoms with Crippen LogP contribution in [-0.4, -0.2) is 89.0 Å². The predicted molar refractivity (Wildman–Crippen MR) is 196 cm³/mol. The molecular formula is C40H74O10. The standard InChI is InChI=1S/C40H74O10/c1-3-5-7-9-11-13-15-16-17-18-19-21-23-25-27-29-36(43)49-33(32-48-40-39(46)38(45)37(44)34(30-41)50-40)31-47-35(42)28-26-24-22-20-14-12-10-8-6-4-2/h13,15,33-34,37-41,44-46H,3-12,14,16-32H2,1-2H3/b15-13+/t33-,34-,37+,38?,39?,40-/m1/s1. The number of carbonyl (C=O) groups excluding carboxylic acids is 2. The third kappa shape index (κ3) is 23.8. The van der Waals surface area contributed by atoms with E-state index in [0.717, 1.165) is 44.9 Å². The van der Waals surface area contributed by atoms with E-state index in [1.54, 1.807) is 0 Å². The molecule has 1 rings (SSSR count). The van der Waals surface area contributed by atoms with E-state index in [1.165, 1.54) is 96.3 Å². The Labute approximate surface area is 303 Å². The van der Waals surface area contributed by atoms with Gasteiger partial charge in [-0.25, -0.2) is 0 Å². The average molecular weight is 715 g/mol. The van der Waals surface area contributed by atoms with Crippen LogP contribution < -0.4 is 0 Å². The lowest BCUT2D eigenvalue weighted by molar-refractivity contribution is -0.305. The number of rotatable bonds is 33.